The fourth-order valence-corrected chi connectivity index (χ4v) is 7.00. The largest absolute Gasteiger partial charge is 0.426 e. The van der Waals surface area contributed by atoms with Crippen LogP contribution in [0.15, 0.2) is 115 Å². The number of carbonyl (C=O) groups excluding carboxylic acids is 1. The molecular formula is C35H24O2. The number of hydrogen-bond donors (Lipinski definition) is 0. The first-order valence-corrected chi connectivity index (χ1v) is 13.0. The first kappa shape index (κ1) is 20.7. The summed E-state index contributed by atoms with van der Waals surface area (Å²) >= 11 is 0. The lowest BCUT2D eigenvalue weighted by Crippen LogP contribution is -2.38. The summed E-state index contributed by atoms with van der Waals surface area (Å²) in [6, 6.07) is 40.2. The van der Waals surface area contributed by atoms with E-state index in [9.17, 15) is 4.79 Å². The van der Waals surface area contributed by atoms with Gasteiger partial charge in [-0.15, -0.1) is 0 Å². The molecule has 9 rings (SSSR count). The third-order valence-corrected chi connectivity index (χ3v) is 8.53. The normalized spacial score (nSPS) is 19.6. The molecule has 3 unspecified atom stereocenters. The van der Waals surface area contributed by atoms with Crippen molar-refractivity contribution >= 4 is 38.3 Å². The van der Waals surface area contributed by atoms with Crippen molar-refractivity contribution < 1.29 is 9.53 Å². The summed E-state index contributed by atoms with van der Waals surface area (Å²) in [7, 11) is 0. The maximum Gasteiger partial charge on any atom is 0.315 e. The van der Waals surface area contributed by atoms with Crippen LogP contribution in [0.3, 0.4) is 0 Å². The Morgan fingerprint density at radius 2 is 1.14 bits per heavy atom. The molecule has 0 amide bonds. The van der Waals surface area contributed by atoms with Crippen molar-refractivity contribution in [1.29, 1.82) is 0 Å². The van der Waals surface area contributed by atoms with Crippen molar-refractivity contribution in [2.45, 2.75) is 18.3 Å². The summed E-state index contributed by atoms with van der Waals surface area (Å²) < 4.78 is 6.21. The SMILES string of the molecule is O=C(Oc1cccc2ccccc12)C1CC2c3ccc4ccccc4c3C1c1ccc3ccccc3c12. The van der Waals surface area contributed by atoms with Crippen LogP contribution in [0.25, 0.3) is 32.3 Å². The predicted octanol–water partition coefficient (Wildman–Crippen LogP) is 8.35. The summed E-state index contributed by atoms with van der Waals surface area (Å²) in [5.74, 6) is 0.394. The third kappa shape index (κ3) is 2.96. The van der Waals surface area contributed by atoms with E-state index in [1.165, 1.54) is 43.8 Å². The fourth-order valence-electron chi connectivity index (χ4n) is 7.00. The summed E-state index contributed by atoms with van der Waals surface area (Å²) in [6.45, 7) is 0. The van der Waals surface area contributed by atoms with Gasteiger partial charge in [-0.2, -0.15) is 0 Å². The molecule has 2 nitrogen and oxygen atoms in total. The molecule has 0 N–H and O–H groups in total. The van der Waals surface area contributed by atoms with E-state index in [2.05, 4.69) is 84.9 Å². The average Bonchev–Trinajstić information content (AvgIpc) is 2.96. The van der Waals surface area contributed by atoms with E-state index in [-0.39, 0.29) is 23.7 Å². The molecule has 3 aliphatic rings. The van der Waals surface area contributed by atoms with Crippen molar-refractivity contribution in [2.24, 2.45) is 5.92 Å². The van der Waals surface area contributed by atoms with E-state index in [1.807, 2.05) is 30.3 Å². The highest BCUT2D eigenvalue weighted by molar-refractivity contribution is 5.96. The monoisotopic (exact) mass is 476 g/mol. The van der Waals surface area contributed by atoms with Gasteiger partial charge in [0.05, 0.1) is 5.92 Å². The highest BCUT2D eigenvalue weighted by atomic mass is 16.5. The number of esters is 1. The molecule has 176 valence electrons. The van der Waals surface area contributed by atoms with Crippen molar-refractivity contribution in [3.8, 4) is 5.75 Å². The molecule has 2 heteroatoms. The molecule has 3 atom stereocenters. The number of carbonyl (C=O) groups is 1. The van der Waals surface area contributed by atoms with Gasteiger partial charge in [0.2, 0.25) is 0 Å². The van der Waals surface area contributed by atoms with Crippen LogP contribution >= 0.6 is 0 Å². The number of fused-ring (bicyclic) bond motifs is 4. The second kappa shape index (κ2) is 7.78. The number of benzene rings is 6. The van der Waals surface area contributed by atoms with E-state index >= 15 is 0 Å². The van der Waals surface area contributed by atoms with Gasteiger partial charge < -0.3 is 4.74 Å². The highest BCUT2D eigenvalue weighted by Gasteiger charge is 2.48. The lowest BCUT2D eigenvalue weighted by Gasteiger charge is -2.45. The lowest BCUT2D eigenvalue weighted by atomic mass is 9.57. The molecule has 0 radical (unpaired) electrons. The molecule has 0 aliphatic heterocycles. The fraction of sp³-hybridized carbons (Fsp3) is 0.114. The van der Waals surface area contributed by atoms with E-state index < -0.39 is 0 Å². The quantitative estimate of drug-likeness (QED) is 0.185. The smallest absolute Gasteiger partial charge is 0.315 e. The topological polar surface area (TPSA) is 26.3 Å². The molecule has 0 aromatic heterocycles. The minimum atomic E-state index is -0.240. The van der Waals surface area contributed by atoms with Gasteiger partial charge in [-0.25, -0.2) is 0 Å². The molecule has 37 heavy (non-hydrogen) atoms. The van der Waals surface area contributed by atoms with E-state index in [0.29, 0.717) is 5.75 Å². The van der Waals surface area contributed by atoms with Crippen molar-refractivity contribution in [2.75, 3.05) is 0 Å². The van der Waals surface area contributed by atoms with Gasteiger partial charge in [-0.3, -0.25) is 4.79 Å². The first-order valence-electron chi connectivity index (χ1n) is 13.0. The molecule has 3 aliphatic carbocycles. The Kier molecular flexibility index (Phi) is 4.36. The Morgan fingerprint density at radius 1 is 0.568 bits per heavy atom. The Hall–Kier alpha value is -4.43. The van der Waals surface area contributed by atoms with Gasteiger partial charge in [-0.05, 0) is 61.7 Å². The first-order chi connectivity index (χ1) is 18.3. The maximum atomic E-state index is 14.0. The number of ether oxygens (including phenoxy) is 1. The summed E-state index contributed by atoms with van der Waals surface area (Å²) in [4.78, 5) is 14.0. The third-order valence-electron chi connectivity index (χ3n) is 8.53. The highest BCUT2D eigenvalue weighted by Crippen LogP contribution is 2.58. The zero-order valence-electron chi connectivity index (χ0n) is 20.2. The Balaban J connectivity index is 1.32. The van der Waals surface area contributed by atoms with Crippen LogP contribution in [0.1, 0.15) is 40.5 Å². The van der Waals surface area contributed by atoms with Crippen LogP contribution in [0.2, 0.25) is 0 Å². The van der Waals surface area contributed by atoms with Crippen LogP contribution in [0, 0.1) is 5.92 Å². The van der Waals surface area contributed by atoms with E-state index in [0.717, 1.165) is 17.2 Å². The molecule has 0 heterocycles. The number of rotatable bonds is 2. The Morgan fingerprint density at radius 3 is 1.86 bits per heavy atom. The summed E-state index contributed by atoms with van der Waals surface area (Å²) in [5.41, 5.74) is 5.33. The summed E-state index contributed by atoms with van der Waals surface area (Å²) in [6.07, 6.45) is 0.764. The molecule has 2 bridgehead atoms. The van der Waals surface area contributed by atoms with Crippen molar-refractivity contribution in [3.63, 3.8) is 0 Å². The van der Waals surface area contributed by atoms with Gasteiger partial charge >= 0.3 is 5.97 Å². The van der Waals surface area contributed by atoms with E-state index in [1.54, 1.807) is 0 Å². The van der Waals surface area contributed by atoms with Crippen LogP contribution in [-0.4, -0.2) is 5.97 Å². The molecule has 0 saturated heterocycles. The zero-order chi connectivity index (χ0) is 24.5. The average molecular weight is 477 g/mol. The molecular weight excluding hydrogens is 452 g/mol. The van der Waals surface area contributed by atoms with Gasteiger partial charge in [-0.1, -0.05) is 109 Å². The predicted molar refractivity (Wildman–Crippen MR) is 149 cm³/mol. The van der Waals surface area contributed by atoms with Gasteiger partial charge in [0.25, 0.3) is 0 Å². The van der Waals surface area contributed by atoms with Crippen molar-refractivity contribution in [1.82, 2.24) is 0 Å². The van der Waals surface area contributed by atoms with Crippen LogP contribution in [0.5, 0.6) is 5.75 Å². The minimum absolute atomic E-state index is 0.0341. The van der Waals surface area contributed by atoms with E-state index in [4.69, 9.17) is 4.74 Å². The zero-order valence-corrected chi connectivity index (χ0v) is 20.2. The summed E-state index contributed by atoms with van der Waals surface area (Å²) in [5, 5.41) is 7.07. The second-order valence-corrected chi connectivity index (χ2v) is 10.4. The minimum Gasteiger partial charge on any atom is -0.426 e. The molecule has 6 aromatic carbocycles. The van der Waals surface area contributed by atoms with Gasteiger partial charge in [0.15, 0.2) is 0 Å². The number of hydrogen-bond acceptors (Lipinski definition) is 2. The standard InChI is InChI=1S/C35H24O2/c36-35(37-31-15-7-11-21-8-1-4-12-24(21)31)30-20-29-27-18-16-23-10-3-6-14-26(23)33(27)34(30)28-19-17-22-9-2-5-13-25(22)32(28)29/h1-19,29-30,34H,20H2. The Bertz CT molecular complexity index is 1880. The van der Waals surface area contributed by atoms with Crippen molar-refractivity contribution in [3.05, 3.63) is 138 Å². The molecule has 6 aromatic rings. The molecule has 0 fully saturated rings. The maximum absolute atomic E-state index is 14.0. The van der Waals surface area contributed by atoms with Crippen LogP contribution < -0.4 is 4.74 Å². The van der Waals surface area contributed by atoms with Crippen LogP contribution in [0.4, 0.5) is 0 Å². The molecule has 0 spiro atoms. The van der Waals surface area contributed by atoms with Gasteiger partial charge in [0.1, 0.15) is 5.75 Å². The van der Waals surface area contributed by atoms with Gasteiger partial charge in [0, 0.05) is 17.2 Å². The van der Waals surface area contributed by atoms with Crippen LogP contribution in [-0.2, 0) is 4.79 Å². The Labute approximate surface area is 215 Å². The second-order valence-electron chi connectivity index (χ2n) is 10.4. The lowest BCUT2D eigenvalue weighted by molar-refractivity contribution is -0.140. The molecule has 0 saturated carbocycles.